The standard InChI is InChI=1S/C18H13F3O3/c1-11-15(23-10-12-5-3-2-4-6-12)8-7-13-14(18(19,20)21)9-16(22)24-17(11)13/h2-9H,10H2,1H3. The van der Waals surface area contributed by atoms with Gasteiger partial charge < -0.3 is 9.15 Å². The number of alkyl halides is 3. The fourth-order valence-corrected chi connectivity index (χ4v) is 2.47. The van der Waals surface area contributed by atoms with Crippen molar-refractivity contribution in [1.29, 1.82) is 0 Å². The van der Waals surface area contributed by atoms with Crippen molar-refractivity contribution in [1.82, 2.24) is 0 Å². The van der Waals surface area contributed by atoms with E-state index in [1.807, 2.05) is 30.3 Å². The molecule has 24 heavy (non-hydrogen) atoms. The van der Waals surface area contributed by atoms with Gasteiger partial charge in [-0.25, -0.2) is 4.79 Å². The Labute approximate surface area is 135 Å². The van der Waals surface area contributed by atoms with Crippen molar-refractivity contribution in [3.8, 4) is 5.75 Å². The van der Waals surface area contributed by atoms with E-state index < -0.39 is 17.4 Å². The maximum Gasteiger partial charge on any atom is 0.417 e. The van der Waals surface area contributed by atoms with Crippen molar-refractivity contribution in [2.75, 3.05) is 0 Å². The molecule has 0 aliphatic carbocycles. The monoisotopic (exact) mass is 334 g/mol. The summed E-state index contributed by atoms with van der Waals surface area (Å²) in [4.78, 5) is 11.5. The van der Waals surface area contributed by atoms with Crippen molar-refractivity contribution >= 4 is 11.0 Å². The Morgan fingerprint density at radius 3 is 2.46 bits per heavy atom. The third kappa shape index (κ3) is 3.13. The molecule has 1 heterocycles. The molecule has 1 aromatic heterocycles. The molecule has 0 saturated heterocycles. The minimum absolute atomic E-state index is 0.111. The van der Waals surface area contributed by atoms with Crippen molar-refractivity contribution < 1.29 is 22.3 Å². The predicted molar refractivity (Wildman–Crippen MR) is 83.0 cm³/mol. The maximum absolute atomic E-state index is 13.1. The van der Waals surface area contributed by atoms with Crippen LogP contribution in [0.5, 0.6) is 5.75 Å². The van der Waals surface area contributed by atoms with Crippen LogP contribution < -0.4 is 10.4 Å². The average molecular weight is 334 g/mol. The minimum Gasteiger partial charge on any atom is -0.488 e. The lowest BCUT2D eigenvalue weighted by molar-refractivity contribution is -0.136. The lowest BCUT2D eigenvalue weighted by Gasteiger charge is -2.13. The Hall–Kier alpha value is -2.76. The van der Waals surface area contributed by atoms with Gasteiger partial charge in [-0.05, 0) is 24.6 Å². The van der Waals surface area contributed by atoms with Gasteiger partial charge in [0.2, 0.25) is 0 Å². The summed E-state index contributed by atoms with van der Waals surface area (Å²) >= 11 is 0. The molecule has 124 valence electrons. The molecule has 2 aromatic carbocycles. The number of halogens is 3. The first-order valence-corrected chi connectivity index (χ1v) is 7.17. The first-order chi connectivity index (χ1) is 11.4. The van der Waals surface area contributed by atoms with E-state index in [-0.39, 0.29) is 17.6 Å². The molecule has 0 N–H and O–H groups in total. The normalized spacial score (nSPS) is 11.7. The van der Waals surface area contributed by atoms with E-state index in [1.165, 1.54) is 12.1 Å². The molecule has 0 fully saturated rings. The van der Waals surface area contributed by atoms with E-state index in [4.69, 9.17) is 9.15 Å². The highest BCUT2D eigenvalue weighted by molar-refractivity contribution is 5.85. The van der Waals surface area contributed by atoms with Crippen LogP contribution in [0.3, 0.4) is 0 Å². The summed E-state index contributed by atoms with van der Waals surface area (Å²) in [6.45, 7) is 1.82. The molecular formula is C18H13F3O3. The minimum atomic E-state index is -4.63. The van der Waals surface area contributed by atoms with Crippen LogP contribution in [0, 0.1) is 6.92 Å². The highest BCUT2D eigenvalue weighted by Gasteiger charge is 2.34. The Morgan fingerprint density at radius 2 is 1.79 bits per heavy atom. The van der Waals surface area contributed by atoms with Gasteiger partial charge in [-0.2, -0.15) is 13.2 Å². The van der Waals surface area contributed by atoms with Gasteiger partial charge in [-0.15, -0.1) is 0 Å². The van der Waals surface area contributed by atoms with E-state index in [0.717, 1.165) is 5.56 Å². The third-order valence-electron chi connectivity index (χ3n) is 3.65. The van der Waals surface area contributed by atoms with Crippen LogP contribution in [0.2, 0.25) is 0 Å². The Balaban J connectivity index is 2.03. The van der Waals surface area contributed by atoms with E-state index in [1.54, 1.807) is 6.92 Å². The molecule has 0 aliphatic rings. The zero-order valence-corrected chi connectivity index (χ0v) is 12.7. The number of aryl methyl sites for hydroxylation is 1. The van der Waals surface area contributed by atoms with E-state index >= 15 is 0 Å². The van der Waals surface area contributed by atoms with Gasteiger partial charge in [0.1, 0.15) is 17.9 Å². The Bertz CT molecular complexity index is 928. The van der Waals surface area contributed by atoms with Crippen LogP contribution in [0.15, 0.2) is 57.7 Å². The Morgan fingerprint density at radius 1 is 1.08 bits per heavy atom. The molecule has 0 spiro atoms. The summed E-state index contributed by atoms with van der Waals surface area (Å²) in [5.41, 5.74) is -0.890. The Kier molecular flexibility index (Phi) is 4.05. The summed E-state index contributed by atoms with van der Waals surface area (Å²) in [7, 11) is 0. The first-order valence-electron chi connectivity index (χ1n) is 7.17. The average Bonchev–Trinajstić information content (AvgIpc) is 2.54. The molecule has 3 rings (SSSR count). The van der Waals surface area contributed by atoms with E-state index in [2.05, 4.69) is 0 Å². The number of ether oxygens (including phenoxy) is 1. The number of benzene rings is 2. The molecule has 3 aromatic rings. The van der Waals surface area contributed by atoms with Gasteiger partial charge in [0.25, 0.3) is 0 Å². The smallest absolute Gasteiger partial charge is 0.417 e. The zero-order chi connectivity index (χ0) is 17.3. The van der Waals surface area contributed by atoms with Gasteiger partial charge in [0.15, 0.2) is 0 Å². The zero-order valence-electron chi connectivity index (χ0n) is 12.7. The van der Waals surface area contributed by atoms with Crippen LogP contribution in [0.25, 0.3) is 11.0 Å². The summed E-state index contributed by atoms with van der Waals surface area (Å²) < 4.78 is 49.9. The molecule has 0 unspecified atom stereocenters. The molecule has 0 saturated carbocycles. The second kappa shape index (κ2) is 6.03. The van der Waals surface area contributed by atoms with Crippen molar-refractivity contribution in [2.45, 2.75) is 19.7 Å². The highest BCUT2D eigenvalue weighted by Crippen LogP contribution is 2.36. The lowest BCUT2D eigenvalue weighted by atomic mass is 10.1. The van der Waals surface area contributed by atoms with Gasteiger partial charge in [-0.1, -0.05) is 30.3 Å². The second-order valence-corrected chi connectivity index (χ2v) is 5.32. The first kappa shape index (κ1) is 16.1. The van der Waals surface area contributed by atoms with Crippen LogP contribution in [-0.4, -0.2) is 0 Å². The summed E-state index contributed by atoms with van der Waals surface area (Å²) in [5.74, 6) is 0.369. The van der Waals surface area contributed by atoms with Crippen molar-refractivity contribution in [3.63, 3.8) is 0 Å². The third-order valence-corrected chi connectivity index (χ3v) is 3.65. The lowest BCUT2D eigenvalue weighted by Crippen LogP contribution is -2.11. The van der Waals surface area contributed by atoms with Crippen LogP contribution in [0.4, 0.5) is 13.2 Å². The molecule has 0 atom stereocenters. The van der Waals surface area contributed by atoms with Crippen molar-refractivity contribution in [3.05, 3.63) is 75.6 Å². The van der Waals surface area contributed by atoms with Crippen molar-refractivity contribution in [2.24, 2.45) is 0 Å². The number of fused-ring (bicyclic) bond motifs is 1. The SMILES string of the molecule is Cc1c(OCc2ccccc2)ccc2c(C(F)(F)F)cc(=O)oc12. The van der Waals surface area contributed by atoms with Gasteiger partial charge in [0.05, 0.1) is 5.56 Å². The molecule has 6 heteroatoms. The van der Waals surface area contributed by atoms with Crippen LogP contribution in [0.1, 0.15) is 16.7 Å². The van der Waals surface area contributed by atoms with Gasteiger partial charge in [0, 0.05) is 17.0 Å². The van der Waals surface area contributed by atoms with Crippen LogP contribution >= 0.6 is 0 Å². The highest BCUT2D eigenvalue weighted by atomic mass is 19.4. The largest absolute Gasteiger partial charge is 0.488 e. The predicted octanol–water partition coefficient (Wildman–Crippen LogP) is 4.70. The fraction of sp³-hybridized carbons (Fsp3) is 0.167. The molecule has 0 aliphatic heterocycles. The molecular weight excluding hydrogens is 321 g/mol. The molecule has 0 radical (unpaired) electrons. The molecule has 3 nitrogen and oxygen atoms in total. The quantitative estimate of drug-likeness (QED) is 0.652. The molecule has 0 amide bonds. The number of hydrogen-bond acceptors (Lipinski definition) is 3. The maximum atomic E-state index is 13.1. The van der Waals surface area contributed by atoms with Crippen LogP contribution in [-0.2, 0) is 12.8 Å². The van der Waals surface area contributed by atoms with Gasteiger partial charge in [-0.3, -0.25) is 0 Å². The fourth-order valence-electron chi connectivity index (χ4n) is 2.47. The number of hydrogen-bond donors (Lipinski definition) is 0. The topological polar surface area (TPSA) is 39.4 Å². The second-order valence-electron chi connectivity index (χ2n) is 5.32. The molecule has 0 bridgehead atoms. The number of rotatable bonds is 3. The van der Waals surface area contributed by atoms with E-state index in [0.29, 0.717) is 17.4 Å². The van der Waals surface area contributed by atoms with Gasteiger partial charge >= 0.3 is 11.8 Å². The summed E-state index contributed by atoms with van der Waals surface area (Å²) in [6, 6.07) is 12.5. The van der Waals surface area contributed by atoms with E-state index in [9.17, 15) is 18.0 Å². The summed E-state index contributed by atoms with van der Waals surface area (Å²) in [6.07, 6.45) is -4.63. The summed E-state index contributed by atoms with van der Waals surface area (Å²) in [5, 5.41) is -0.160.